The number of nitrogens with one attached hydrogen (secondary N) is 2. The highest BCUT2D eigenvalue weighted by molar-refractivity contribution is 6.43. The highest BCUT2D eigenvalue weighted by Gasteiger charge is 2.22. The molecular formula is C18H17N3O3. The summed E-state index contributed by atoms with van der Waals surface area (Å²) in [5.41, 5.74) is 1.74. The Labute approximate surface area is 139 Å². The van der Waals surface area contributed by atoms with Crippen LogP contribution in [-0.2, 0) is 14.4 Å². The second-order valence-electron chi connectivity index (χ2n) is 5.47. The van der Waals surface area contributed by atoms with Crippen molar-refractivity contribution in [2.24, 2.45) is 0 Å². The molecule has 2 N–H and O–H groups in total. The van der Waals surface area contributed by atoms with E-state index in [4.69, 9.17) is 0 Å². The molecule has 0 atom stereocenters. The monoisotopic (exact) mass is 323 g/mol. The smallest absolute Gasteiger partial charge is 0.314 e. The van der Waals surface area contributed by atoms with Crippen molar-refractivity contribution in [3.8, 4) is 0 Å². The zero-order valence-corrected chi connectivity index (χ0v) is 13.0. The van der Waals surface area contributed by atoms with Crippen LogP contribution >= 0.6 is 0 Å². The van der Waals surface area contributed by atoms with Crippen LogP contribution < -0.4 is 15.5 Å². The molecule has 1 heterocycles. The largest absolute Gasteiger partial charge is 0.318 e. The van der Waals surface area contributed by atoms with Crippen LogP contribution in [-0.4, -0.2) is 24.3 Å². The molecule has 1 aliphatic heterocycles. The second kappa shape index (κ2) is 6.95. The lowest BCUT2D eigenvalue weighted by atomic mass is 10.2. The Morgan fingerprint density at radius 3 is 2.21 bits per heavy atom. The molecule has 0 bridgehead atoms. The summed E-state index contributed by atoms with van der Waals surface area (Å²) in [6, 6.07) is 15.7. The van der Waals surface area contributed by atoms with Gasteiger partial charge >= 0.3 is 11.8 Å². The van der Waals surface area contributed by atoms with Gasteiger partial charge in [0.15, 0.2) is 0 Å². The summed E-state index contributed by atoms with van der Waals surface area (Å²) in [6.07, 6.45) is 1.37. The van der Waals surface area contributed by atoms with E-state index in [2.05, 4.69) is 10.6 Å². The zero-order valence-electron chi connectivity index (χ0n) is 13.0. The SMILES string of the molecule is O=C(Nc1ccccc1)C(=O)Nc1cccc(N2CCCC2=O)c1. The predicted octanol–water partition coefficient (Wildman–Crippen LogP) is 2.39. The lowest BCUT2D eigenvalue weighted by Gasteiger charge is -2.16. The quantitative estimate of drug-likeness (QED) is 0.851. The Hall–Kier alpha value is -3.15. The Morgan fingerprint density at radius 1 is 0.875 bits per heavy atom. The number of para-hydroxylation sites is 1. The first-order valence-electron chi connectivity index (χ1n) is 7.71. The van der Waals surface area contributed by atoms with Gasteiger partial charge in [-0.25, -0.2) is 0 Å². The normalized spacial score (nSPS) is 13.7. The number of rotatable bonds is 3. The lowest BCUT2D eigenvalue weighted by Crippen LogP contribution is -2.29. The van der Waals surface area contributed by atoms with Crippen LogP contribution in [0.1, 0.15) is 12.8 Å². The second-order valence-corrected chi connectivity index (χ2v) is 5.47. The van der Waals surface area contributed by atoms with Crippen molar-refractivity contribution in [3.05, 3.63) is 54.6 Å². The minimum atomic E-state index is -0.760. The van der Waals surface area contributed by atoms with Gasteiger partial charge in [0.1, 0.15) is 0 Å². The molecule has 1 fully saturated rings. The number of carbonyl (C=O) groups excluding carboxylic acids is 3. The van der Waals surface area contributed by atoms with Crippen LogP contribution in [0.2, 0.25) is 0 Å². The van der Waals surface area contributed by atoms with E-state index >= 15 is 0 Å². The van der Waals surface area contributed by atoms with Gasteiger partial charge in [-0.2, -0.15) is 0 Å². The summed E-state index contributed by atoms with van der Waals surface area (Å²) in [7, 11) is 0. The molecule has 0 aliphatic carbocycles. The molecule has 6 nitrogen and oxygen atoms in total. The van der Waals surface area contributed by atoms with E-state index in [1.54, 1.807) is 47.4 Å². The molecule has 0 unspecified atom stereocenters. The number of hydrogen-bond donors (Lipinski definition) is 2. The van der Waals surface area contributed by atoms with Crippen molar-refractivity contribution >= 4 is 34.8 Å². The molecule has 24 heavy (non-hydrogen) atoms. The van der Waals surface area contributed by atoms with Gasteiger partial charge in [-0.1, -0.05) is 24.3 Å². The van der Waals surface area contributed by atoms with Gasteiger partial charge in [0.2, 0.25) is 5.91 Å². The fourth-order valence-corrected chi connectivity index (χ4v) is 2.57. The third kappa shape index (κ3) is 3.60. The van der Waals surface area contributed by atoms with E-state index in [0.717, 1.165) is 12.1 Å². The van der Waals surface area contributed by atoms with Gasteiger partial charge in [0, 0.05) is 30.0 Å². The molecule has 6 heteroatoms. The van der Waals surface area contributed by atoms with Gasteiger partial charge in [0.25, 0.3) is 0 Å². The van der Waals surface area contributed by atoms with Crippen LogP contribution in [0.3, 0.4) is 0 Å². The lowest BCUT2D eigenvalue weighted by molar-refractivity contribution is -0.132. The topological polar surface area (TPSA) is 78.5 Å². The number of carbonyl (C=O) groups is 3. The summed E-state index contributed by atoms with van der Waals surface area (Å²) in [6.45, 7) is 0.671. The first kappa shape index (κ1) is 15.7. The number of nitrogens with zero attached hydrogens (tertiary/aromatic N) is 1. The Morgan fingerprint density at radius 2 is 1.54 bits per heavy atom. The molecule has 1 saturated heterocycles. The summed E-state index contributed by atoms with van der Waals surface area (Å²) < 4.78 is 0. The molecule has 122 valence electrons. The van der Waals surface area contributed by atoms with Crippen molar-refractivity contribution in [3.63, 3.8) is 0 Å². The third-order valence-corrected chi connectivity index (χ3v) is 3.73. The maximum Gasteiger partial charge on any atom is 0.314 e. The average molecular weight is 323 g/mol. The standard InChI is InChI=1S/C18H17N3O3/c22-16-10-5-11-21(16)15-9-4-8-14(12-15)20-18(24)17(23)19-13-6-2-1-3-7-13/h1-4,6-9,12H,5,10-11H2,(H,19,23)(H,20,24). The van der Waals surface area contributed by atoms with Gasteiger partial charge in [-0.15, -0.1) is 0 Å². The van der Waals surface area contributed by atoms with Crippen molar-refractivity contribution in [2.45, 2.75) is 12.8 Å². The molecule has 0 radical (unpaired) electrons. The molecular weight excluding hydrogens is 306 g/mol. The zero-order chi connectivity index (χ0) is 16.9. The molecule has 0 spiro atoms. The summed E-state index contributed by atoms with van der Waals surface area (Å²) in [5, 5.41) is 5.07. The maximum atomic E-state index is 12.0. The number of benzene rings is 2. The van der Waals surface area contributed by atoms with Crippen molar-refractivity contribution in [1.29, 1.82) is 0 Å². The minimum Gasteiger partial charge on any atom is -0.318 e. The molecule has 3 rings (SSSR count). The minimum absolute atomic E-state index is 0.0697. The number of amides is 3. The maximum absolute atomic E-state index is 12.0. The summed E-state index contributed by atoms with van der Waals surface area (Å²) in [4.78, 5) is 37.4. The Bertz CT molecular complexity index is 774. The molecule has 0 aromatic heterocycles. The van der Waals surface area contributed by atoms with E-state index in [0.29, 0.717) is 24.3 Å². The van der Waals surface area contributed by atoms with Crippen LogP contribution in [0.25, 0.3) is 0 Å². The van der Waals surface area contributed by atoms with E-state index in [9.17, 15) is 14.4 Å². The van der Waals surface area contributed by atoms with Gasteiger partial charge in [0.05, 0.1) is 0 Å². The van der Waals surface area contributed by atoms with Crippen molar-refractivity contribution < 1.29 is 14.4 Å². The van der Waals surface area contributed by atoms with E-state index in [1.165, 1.54) is 0 Å². The fraction of sp³-hybridized carbons (Fsp3) is 0.167. The van der Waals surface area contributed by atoms with E-state index in [-0.39, 0.29) is 5.91 Å². The predicted molar refractivity (Wildman–Crippen MR) is 91.7 cm³/mol. The van der Waals surface area contributed by atoms with Crippen molar-refractivity contribution in [2.75, 3.05) is 22.1 Å². The Kier molecular flexibility index (Phi) is 4.56. The average Bonchev–Trinajstić information content (AvgIpc) is 3.02. The Balaban J connectivity index is 1.66. The van der Waals surface area contributed by atoms with Gasteiger partial charge in [-0.05, 0) is 36.8 Å². The third-order valence-electron chi connectivity index (χ3n) is 3.73. The first-order chi connectivity index (χ1) is 11.6. The number of hydrogen-bond acceptors (Lipinski definition) is 3. The van der Waals surface area contributed by atoms with Crippen molar-refractivity contribution in [1.82, 2.24) is 0 Å². The molecule has 0 saturated carbocycles. The fourth-order valence-electron chi connectivity index (χ4n) is 2.57. The van der Waals surface area contributed by atoms with E-state index in [1.807, 2.05) is 12.1 Å². The van der Waals surface area contributed by atoms with Crippen LogP contribution in [0.5, 0.6) is 0 Å². The molecule has 3 amide bonds. The van der Waals surface area contributed by atoms with Crippen LogP contribution in [0.4, 0.5) is 17.1 Å². The van der Waals surface area contributed by atoms with Gasteiger partial charge < -0.3 is 15.5 Å². The summed E-state index contributed by atoms with van der Waals surface area (Å²) >= 11 is 0. The highest BCUT2D eigenvalue weighted by atomic mass is 16.2. The molecule has 2 aromatic rings. The summed E-state index contributed by atoms with van der Waals surface area (Å²) in [5.74, 6) is -1.44. The highest BCUT2D eigenvalue weighted by Crippen LogP contribution is 2.24. The van der Waals surface area contributed by atoms with Crippen LogP contribution in [0.15, 0.2) is 54.6 Å². The number of anilines is 3. The van der Waals surface area contributed by atoms with Gasteiger partial charge in [-0.3, -0.25) is 14.4 Å². The van der Waals surface area contributed by atoms with E-state index < -0.39 is 11.8 Å². The molecule has 2 aromatic carbocycles. The molecule has 1 aliphatic rings. The van der Waals surface area contributed by atoms with Crippen LogP contribution in [0, 0.1) is 0 Å². The first-order valence-corrected chi connectivity index (χ1v) is 7.71.